The average molecular weight is 1450 g/mol. The van der Waals surface area contributed by atoms with Crippen molar-refractivity contribution in [2.45, 2.75) is 107 Å². The molecule has 0 aliphatic rings. The monoisotopic (exact) mass is 1450 g/mol. The molecule has 2 atom stereocenters. The number of hydrogen-bond acceptors (Lipinski definition) is 8. The van der Waals surface area contributed by atoms with Crippen LogP contribution in [0.15, 0.2) is 167 Å². The van der Waals surface area contributed by atoms with Crippen molar-refractivity contribution < 1.29 is 65.5 Å². The van der Waals surface area contributed by atoms with Crippen molar-refractivity contribution in [1.82, 2.24) is 29.9 Å². The molecule has 0 aliphatic heterocycles. The third-order valence-electron chi connectivity index (χ3n) is 12.8. The summed E-state index contributed by atoms with van der Waals surface area (Å²) in [6, 6.07) is 54.0. The molecular formula is C72H70Ir2N6O2-4. The van der Waals surface area contributed by atoms with Crippen LogP contribution < -0.4 is 0 Å². The van der Waals surface area contributed by atoms with Crippen molar-refractivity contribution in [3.8, 4) is 45.0 Å². The van der Waals surface area contributed by atoms with E-state index >= 15 is 0 Å². The van der Waals surface area contributed by atoms with Crippen LogP contribution in [-0.2, 0) is 53.0 Å². The summed E-state index contributed by atoms with van der Waals surface area (Å²) >= 11 is 0. The topological polar surface area (TPSA) is 104 Å². The fourth-order valence-corrected chi connectivity index (χ4v) is 9.03. The predicted molar refractivity (Wildman–Crippen MR) is 328 cm³/mol. The van der Waals surface area contributed by atoms with E-state index in [0.717, 1.165) is 77.7 Å². The second-order valence-electron chi connectivity index (χ2n) is 20.0. The van der Waals surface area contributed by atoms with Crippen LogP contribution >= 0.6 is 0 Å². The molecule has 4 aromatic carbocycles. The Hall–Kier alpha value is -7.32. The third-order valence-corrected chi connectivity index (χ3v) is 12.8. The van der Waals surface area contributed by atoms with Crippen molar-refractivity contribution in [1.29, 1.82) is 0 Å². The second-order valence-corrected chi connectivity index (χ2v) is 20.0. The van der Waals surface area contributed by atoms with Crippen molar-refractivity contribution in [3.05, 3.63) is 227 Å². The van der Waals surface area contributed by atoms with Crippen LogP contribution in [0.2, 0.25) is 0 Å². The van der Waals surface area contributed by atoms with Gasteiger partial charge in [0.1, 0.15) is 0 Å². The van der Waals surface area contributed by atoms with Crippen LogP contribution in [0, 0.1) is 63.8 Å². The van der Waals surface area contributed by atoms with Crippen LogP contribution in [0.5, 0.6) is 0 Å². The smallest absolute Gasteiger partial charge is 0.216 e. The molecule has 10 heteroatoms. The number of benzene rings is 4. The third kappa shape index (κ3) is 15.2. The molecule has 8 heterocycles. The van der Waals surface area contributed by atoms with E-state index in [9.17, 15) is 0 Å². The Morgan fingerprint density at radius 3 is 1.22 bits per heavy atom. The molecule has 0 amide bonds. The summed E-state index contributed by atoms with van der Waals surface area (Å²) in [6.07, 6.45) is 3.36. The molecule has 8 nitrogen and oxygen atoms in total. The van der Waals surface area contributed by atoms with Gasteiger partial charge in [-0.15, -0.1) is 108 Å². The van der Waals surface area contributed by atoms with Gasteiger partial charge < -0.3 is 28.8 Å². The number of aromatic nitrogens is 6. The molecule has 12 rings (SSSR count). The molecule has 8 aromatic heterocycles. The predicted octanol–water partition coefficient (Wildman–Crippen LogP) is 18.7. The van der Waals surface area contributed by atoms with Crippen molar-refractivity contribution in [3.63, 3.8) is 0 Å². The molecule has 0 N–H and O–H groups in total. The van der Waals surface area contributed by atoms with Gasteiger partial charge in [-0.2, -0.15) is 0 Å². The number of furan rings is 2. The van der Waals surface area contributed by atoms with Crippen LogP contribution in [0.4, 0.5) is 0 Å². The van der Waals surface area contributed by atoms with Gasteiger partial charge in [0.2, 0.25) is 11.4 Å². The fourth-order valence-electron chi connectivity index (χ4n) is 9.03. The maximum Gasteiger partial charge on any atom is 0.216 e. The minimum Gasteiger partial charge on any atom is -0.486 e. The molecule has 2 unspecified atom stereocenters. The summed E-state index contributed by atoms with van der Waals surface area (Å²) in [5, 5.41) is 3.89. The normalized spacial score (nSPS) is 15.3. The van der Waals surface area contributed by atoms with E-state index in [2.05, 4.69) is 54.2 Å². The molecule has 82 heavy (non-hydrogen) atoms. The van der Waals surface area contributed by atoms with Gasteiger partial charge in [-0.05, 0) is 133 Å². The number of rotatable bonds is 10. The summed E-state index contributed by atoms with van der Waals surface area (Å²) in [5.41, 5.74) is 14.0. The molecule has 12 aromatic rings. The minimum absolute atomic E-state index is 0. The van der Waals surface area contributed by atoms with Crippen LogP contribution in [0.25, 0.3) is 89.2 Å². The number of fused-ring (bicyclic) bond motifs is 6. The molecule has 0 fully saturated rings. The number of aryl methyl sites for hydroxylation is 4. The van der Waals surface area contributed by atoms with E-state index < -0.39 is 38.2 Å². The van der Waals surface area contributed by atoms with E-state index in [4.69, 9.17) is 25.3 Å². The molecule has 0 bridgehead atoms. The number of hydrogen-bond donors (Lipinski definition) is 0. The zero-order chi connectivity index (χ0) is 66.9. The number of nitrogens with zero attached hydrogens (tertiary/aromatic N) is 6. The summed E-state index contributed by atoms with van der Waals surface area (Å²) in [5.74, 6) is -3.59. The minimum atomic E-state index is -2.39. The van der Waals surface area contributed by atoms with Crippen molar-refractivity contribution in [2.24, 2.45) is 11.8 Å². The van der Waals surface area contributed by atoms with Crippen molar-refractivity contribution >= 4 is 44.1 Å². The first-order valence-electron chi connectivity index (χ1n) is 32.5. The Kier molecular flexibility index (Phi) is 16.5. The number of pyridine rings is 6. The summed E-state index contributed by atoms with van der Waals surface area (Å²) in [6.45, 7) is 13.0. The molecule has 0 spiro atoms. The molecule has 422 valence electrons. The van der Waals surface area contributed by atoms with Gasteiger partial charge in [-0.1, -0.05) is 125 Å². The standard InChI is InChI=1S/2C21H19N2O.2C15H16N.2Ir/c2*1-13(2)11-15-8-10-19(22-12-15)18-6-4-5-16-17-9-7-14(3)23-21(17)24-20(16)18;2*1-11(2)14-10-16-15(9-12(14)3)13-7-5-4-6-8-13;;/h2*4-5,7-10,12-13H,11H2,1-3H3;2*4-7,9-11H,1-3H3;;/q4*-1;;/i2*11D2;2*1D3,11D;;. The van der Waals surface area contributed by atoms with Gasteiger partial charge in [0.15, 0.2) is 0 Å². The van der Waals surface area contributed by atoms with Crippen molar-refractivity contribution in [2.75, 3.05) is 0 Å². The van der Waals surface area contributed by atoms with E-state index in [1.165, 1.54) is 26.2 Å². The van der Waals surface area contributed by atoms with E-state index in [1.54, 1.807) is 48.8 Å². The molecular weight excluding hydrogens is 1370 g/mol. The molecule has 0 saturated carbocycles. The van der Waals surface area contributed by atoms with Crippen LogP contribution in [0.1, 0.15) is 128 Å². The molecule has 2 radical (unpaired) electrons. The maximum atomic E-state index is 8.21. The Morgan fingerprint density at radius 1 is 0.463 bits per heavy atom. The quantitative estimate of drug-likeness (QED) is 0.125. The maximum absolute atomic E-state index is 8.21. The molecule has 0 aliphatic carbocycles. The first kappa shape index (κ1) is 47.2. The zero-order valence-corrected chi connectivity index (χ0v) is 52.1. The van der Waals surface area contributed by atoms with Gasteiger partial charge in [-0.25, -0.2) is 9.97 Å². The first-order chi connectivity index (χ1) is 43.2. The zero-order valence-electron chi connectivity index (χ0n) is 59.3. The molecule has 0 saturated heterocycles. The summed E-state index contributed by atoms with van der Waals surface area (Å²) < 4.78 is 106. The second kappa shape index (κ2) is 28.6. The average Bonchev–Trinajstić information content (AvgIpc) is 1.46. The Balaban J connectivity index is 0.000000178. The summed E-state index contributed by atoms with van der Waals surface area (Å²) in [7, 11) is 0. The largest absolute Gasteiger partial charge is 0.486 e. The Labute approximate surface area is 528 Å². The first-order valence-corrected chi connectivity index (χ1v) is 26.5. The van der Waals surface area contributed by atoms with E-state index in [-0.39, 0.29) is 52.0 Å². The van der Waals surface area contributed by atoms with Crippen LogP contribution in [0.3, 0.4) is 0 Å². The summed E-state index contributed by atoms with van der Waals surface area (Å²) in [4.78, 5) is 26.5. The van der Waals surface area contributed by atoms with Gasteiger partial charge in [0, 0.05) is 104 Å². The van der Waals surface area contributed by atoms with E-state index in [1.807, 2.05) is 152 Å². The van der Waals surface area contributed by atoms with E-state index in [0.29, 0.717) is 56.2 Å². The fraction of sp³-hybridized carbons (Fsp3) is 0.250. The van der Waals surface area contributed by atoms with Gasteiger partial charge in [0.25, 0.3) is 0 Å². The van der Waals surface area contributed by atoms with Crippen LogP contribution in [-0.4, -0.2) is 29.9 Å². The Bertz CT molecular complexity index is 4270. The van der Waals surface area contributed by atoms with Gasteiger partial charge in [-0.3, -0.25) is 0 Å². The van der Waals surface area contributed by atoms with Gasteiger partial charge >= 0.3 is 0 Å². The van der Waals surface area contributed by atoms with Gasteiger partial charge in [0.05, 0.1) is 11.2 Å². The SMILES string of the molecule is [2H]C([2H])([2H])C([2H])(C)c1cnc(-c2[c-]cccc2)cc1C.[2H]C([2H])([2H])C([2H])(C)c1cnc(-c2[c-]cccc2)cc1C.[2H]C([2H])(c1ccc(-c2[c-]ccc3c2oc2nc(C)ccc23)nc1)C(C)C.[2H]C([2H])(c1ccc(-c2[c-]ccc3c2oc2nc(C)ccc23)nc1)C(C)C.[Ir].[Ir]. The Morgan fingerprint density at radius 2 is 0.878 bits per heavy atom.